The Morgan fingerprint density at radius 2 is 1.48 bits per heavy atom. The standard InChI is InChI=1S/C21H17Cl2FN4O3/c1-26-19(29)18(20(30)27(2)21(26)31)16-10-17(11-3-5-14(24)6-4-11)28(25-16)15-8-12(22)7-13(23)9-15/h3-9,17-18H,10H2,1-2H3. The second-order valence-electron chi connectivity index (χ2n) is 7.35. The van der Waals surface area contributed by atoms with Gasteiger partial charge in [-0.25, -0.2) is 9.18 Å². The van der Waals surface area contributed by atoms with Gasteiger partial charge in [0.15, 0.2) is 5.92 Å². The lowest BCUT2D eigenvalue weighted by Crippen LogP contribution is -2.58. The quantitative estimate of drug-likeness (QED) is 0.643. The molecule has 2 aliphatic rings. The molecule has 31 heavy (non-hydrogen) atoms. The highest BCUT2D eigenvalue weighted by molar-refractivity contribution is 6.35. The molecule has 2 aromatic carbocycles. The summed E-state index contributed by atoms with van der Waals surface area (Å²) in [6.07, 6.45) is 0.216. The van der Waals surface area contributed by atoms with Crippen molar-refractivity contribution in [2.75, 3.05) is 19.1 Å². The number of urea groups is 1. The van der Waals surface area contributed by atoms with Gasteiger partial charge in [-0.05, 0) is 35.9 Å². The fourth-order valence-corrected chi connectivity index (χ4v) is 4.27. The van der Waals surface area contributed by atoms with Crippen LogP contribution in [-0.2, 0) is 9.59 Å². The number of rotatable bonds is 3. The summed E-state index contributed by atoms with van der Waals surface area (Å²) in [5.41, 5.74) is 1.58. The first-order chi connectivity index (χ1) is 14.7. The van der Waals surface area contributed by atoms with E-state index in [1.54, 1.807) is 35.3 Å². The van der Waals surface area contributed by atoms with Gasteiger partial charge in [0, 0.05) is 30.6 Å². The van der Waals surface area contributed by atoms with Crippen LogP contribution in [0.4, 0.5) is 14.9 Å². The van der Waals surface area contributed by atoms with Crippen LogP contribution in [-0.4, -0.2) is 47.5 Å². The van der Waals surface area contributed by atoms with Crippen LogP contribution in [0.15, 0.2) is 47.6 Å². The molecule has 0 spiro atoms. The van der Waals surface area contributed by atoms with Gasteiger partial charge in [0.25, 0.3) is 0 Å². The number of nitrogens with zero attached hydrogens (tertiary/aromatic N) is 4. The summed E-state index contributed by atoms with van der Waals surface area (Å²) in [6, 6.07) is 9.64. The van der Waals surface area contributed by atoms with Crippen molar-refractivity contribution < 1.29 is 18.8 Å². The number of benzene rings is 2. The lowest BCUT2D eigenvalue weighted by molar-refractivity contribution is -0.144. The van der Waals surface area contributed by atoms with Crippen LogP contribution in [0.2, 0.25) is 10.0 Å². The normalized spacial score (nSPS) is 20.0. The van der Waals surface area contributed by atoms with E-state index in [9.17, 15) is 18.8 Å². The van der Waals surface area contributed by atoms with Crippen LogP contribution in [0, 0.1) is 11.7 Å². The van der Waals surface area contributed by atoms with Crippen molar-refractivity contribution >= 4 is 52.4 Å². The van der Waals surface area contributed by atoms with E-state index >= 15 is 0 Å². The van der Waals surface area contributed by atoms with E-state index in [0.29, 0.717) is 21.4 Å². The highest BCUT2D eigenvalue weighted by atomic mass is 35.5. The maximum atomic E-state index is 13.5. The SMILES string of the molecule is CN1C(=O)C(C2=NN(c3cc(Cl)cc(Cl)c3)C(c3ccc(F)cc3)C2)C(=O)N(C)C1=O. The highest BCUT2D eigenvalue weighted by Gasteiger charge is 2.48. The van der Waals surface area contributed by atoms with Crippen LogP contribution in [0.3, 0.4) is 0 Å². The van der Waals surface area contributed by atoms with Gasteiger partial charge < -0.3 is 0 Å². The fraction of sp³-hybridized carbons (Fsp3) is 0.238. The minimum absolute atomic E-state index is 0.216. The summed E-state index contributed by atoms with van der Waals surface area (Å²) in [7, 11) is 2.64. The number of halogens is 3. The van der Waals surface area contributed by atoms with Crippen molar-refractivity contribution in [2.24, 2.45) is 11.0 Å². The van der Waals surface area contributed by atoms with Crippen LogP contribution < -0.4 is 5.01 Å². The van der Waals surface area contributed by atoms with E-state index in [4.69, 9.17) is 23.2 Å². The van der Waals surface area contributed by atoms with Crippen molar-refractivity contribution in [1.82, 2.24) is 9.80 Å². The maximum Gasteiger partial charge on any atom is 0.332 e. The molecule has 2 aliphatic heterocycles. The lowest BCUT2D eigenvalue weighted by atomic mass is 9.91. The Bertz CT molecular complexity index is 1080. The first-order valence-electron chi connectivity index (χ1n) is 9.34. The first kappa shape index (κ1) is 21.3. The minimum atomic E-state index is -1.23. The van der Waals surface area contributed by atoms with Crippen molar-refractivity contribution in [3.8, 4) is 0 Å². The number of carbonyl (C=O) groups is 3. The largest absolute Gasteiger partial charge is 0.332 e. The third kappa shape index (κ3) is 3.77. The molecule has 4 amide bonds. The van der Waals surface area contributed by atoms with Crippen LogP contribution in [0.5, 0.6) is 0 Å². The molecule has 10 heteroatoms. The molecular weight excluding hydrogens is 446 g/mol. The summed E-state index contributed by atoms with van der Waals surface area (Å²) in [6.45, 7) is 0. The molecule has 1 atom stereocenters. The summed E-state index contributed by atoms with van der Waals surface area (Å²) in [5, 5.41) is 6.96. The Morgan fingerprint density at radius 3 is 2.03 bits per heavy atom. The monoisotopic (exact) mass is 462 g/mol. The highest BCUT2D eigenvalue weighted by Crippen LogP contribution is 2.39. The van der Waals surface area contributed by atoms with E-state index < -0.39 is 29.8 Å². The van der Waals surface area contributed by atoms with Crippen molar-refractivity contribution in [3.05, 3.63) is 63.9 Å². The van der Waals surface area contributed by atoms with Crippen molar-refractivity contribution in [1.29, 1.82) is 0 Å². The van der Waals surface area contributed by atoms with E-state index in [-0.39, 0.29) is 12.2 Å². The van der Waals surface area contributed by atoms with Gasteiger partial charge in [-0.15, -0.1) is 0 Å². The molecule has 2 aromatic rings. The molecule has 1 saturated heterocycles. The lowest BCUT2D eigenvalue weighted by Gasteiger charge is -2.32. The summed E-state index contributed by atoms with van der Waals surface area (Å²) in [5.74, 6) is -2.90. The van der Waals surface area contributed by atoms with Gasteiger partial charge in [0.1, 0.15) is 5.82 Å². The van der Waals surface area contributed by atoms with Crippen molar-refractivity contribution in [3.63, 3.8) is 0 Å². The Labute approximate surface area is 187 Å². The van der Waals surface area contributed by atoms with E-state index in [1.165, 1.54) is 26.2 Å². The molecule has 4 rings (SSSR count). The summed E-state index contributed by atoms with van der Waals surface area (Å²) in [4.78, 5) is 39.5. The molecule has 0 N–H and O–H groups in total. The van der Waals surface area contributed by atoms with Crippen molar-refractivity contribution in [2.45, 2.75) is 12.5 Å². The number of amides is 4. The van der Waals surface area contributed by atoms with E-state index in [0.717, 1.165) is 15.4 Å². The molecule has 1 unspecified atom stereocenters. The third-order valence-corrected chi connectivity index (χ3v) is 5.80. The molecule has 0 aliphatic carbocycles. The number of hydrazone groups is 1. The Kier molecular flexibility index (Phi) is 5.45. The zero-order valence-corrected chi connectivity index (χ0v) is 18.1. The van der Waals surface area contributed by atoms with E-state index in [1.807, 2.05) is 0 Å². The molecular formula is C21H17Cl2FN4O3. The minimum Gasteiger partial charge on any atom is -0.273 e. The van der Waals surface area contributed by atoms with Crippen LogP contribution in [0.1, 0.15) is 18.0 Å². The molecule has 0 bridgehead atoms. The Morgan fingerprint density at radius 1 is 0.935 bits per heavy atom. The molecule has 2 heterocycles. The predicted molar refractivity (Wildman–Crippen MR) is 115 cm³/mol. The molecule has 1 fully saturated rings. The topological polar surface area (TPSA) is 73.3 Å². The Balaban J connectivity index is 1.79. The summed E-state index contributed by atoms with van der Waals surface area (Å²) < 4.78 is 13.5. The number of anilines is 1. The number of barbiturate groups is 1. The molecule has 7 nitrogen and oxygen atoms in total. The van der Waals surface area contributed by atoms with Gasteiger partial charge in [-0.2, -0.15) is 5.10 Å². The van der Waals surface area contributed by atoms with Gasteiger partial charge in [-0.3, -0.25) is 24.4 Å². The number of carbonyl (C=O) groups excluding carboxylic acids is 3. The maximum absolute atomic E-state index is 13.5. The zero-order valence-electron chi connectivity index (χ0n) is 16.6. The second-order valence-corrected chi connectivity index (χ2v) is 8.22. The average molecular weight is 463 g/mol. The second kappa shape index (κ2) is 7.94. The first-order valence-corrected chi connectivity index (χ1v) is 10.1. The average Bonchev–Trinajstić information content (AvgIpc) is 3.16. The van der Waals surface area contributed by atoms with E-state index in [2.05, 4.69) is 5.10 Å². The van der Waals surface area contributed by atoms with Gasteiger partial charge in [0.2, 0.25) is 11.8 Å². The van der Waals surface area contributed by atoms with Crippen LogP contribution >= 0.6 is 23.2 Å². The number of hydrogen-bond donors (Lipinski definition) is 0. The molecule has 0 aromatic heterocycles. The third-order valence-electron chi connectivity index (χ3n) is 5.36. The molecule has 0 saturated carbocycles. The molecule has 160 valence electrons. The van der Waals surface area contributed by atoms with Gasteiger partial charge in [0.05, 0.1) is 17.4 Å². The fourth-order valence-electron chi connectivity index (χ4n) is 3.75. The van der Waals surface area contributed by atoms with Gasteiger partial charge in [-0.1, -0.05) is 35.3 Å². The van der Waals surface area contributed by atoms with Crippen LogP contribution in [0.25, 0.3) is 0 Å². The summed E-state index contributed by atoms with van der Waals surface area (Å²) >= 11 is 12.3. The Hall–Kier alpha value is -2.97. The number of imide groups is 2. The molecule has 0 radical (unpaired) electrons. The number of hydrogen-bond acceptors (Lipinski definition) is 5. The zero-order chi connectivity index (χ0) is 22.4. The predicted octanol–water partition coefficient (Wildman–Crippen LogP) is 4.11. The smallest absolute Gasteiger partial charge is 0.273 e. The van der Waals surface area contributed by atoms with Gasteiger partial charge >= 0.3 is 6.03 Å².